The molecule has 1 fully saturated rings. The summed E-state index contributed by atoms with van der Waals surface area (Å²) in [5.41, 5.74) is 0.993. The molecule has 0 saturated carbocycles. The quantitative estimate of drug-likeness (QED) is 0.851. The fourth-order valence-electron chi connectivity index (χ4n) is 2.37. The summed E-state index contributed by atoms with van der Waals surface area (Å²) in [5, 5.41) is 6.68. The molecule has 0 radical (unpaired) electrons. The Bertz CT molecular complexity index is 393. The highest BCUT2D eigenvalue weighted by Crippen LogP contribution is 2.15. The molecule has 0 bridgehead atoms. The summed E-state index contributed by atoms with van der Waals surface area (Å²) in [6.45, 7) is 7.17. The van der Waals surface area contributed by atoms with E-state index in [1.165, 1.54) is 19.4 Å². The Kier molecular flexibility index (Phi) is 4.36. The molecule has 0 spiro atoms. The number of anilines is 2. The topological polar surface area (TPSA) is 53.1 Å². The molecule has 1 atom stereocenters. The highest BCUT2D eigenvalue weighted by Gasteiger charge is 2.17. The van der Waals surface area contributed by atoms with E-state index in [1.54, 1.807) is 0 Å². The van der Waals surface area contributed by atoms with Crippen molar-refractivity contribution in [3.8, 4) is 0 Å². The summed E-state index contributed by atoms with van der Waals surface area (Å²) in [4.78, 5) is 11.2. The van der Waals surface area contributed by atoms with E-state index < -0.39 is 0 Å². The monoisotopic (exact) mass is 249 g/mol. The molecule has 0 amide bonds. The molecule has 1 aliphatic rings. The van der Waals surface area contributed by atoms with Gasteiger partial charge in [0.25, 0.3) is 0 Å². The average molecular weight is 249 g/mol. The highest BCUT2D eigenvalue weighted by molar-refractivity contribution is 5.43. The van der Waals surface area contributed by atoms with Crippen LogP contribution in [0.25, 0.3) is 0 Å². The second-order valence-corrected chi connectivity index (χ2v) is 4.99. The molecule has 1 aromatic heterocycles. The number of aryl methyl sites for hydroxylation is 1. The molecular weight excluding hydrogens is 226 g/mol. The number of likely N-dealkylation sites (tertiary alicyclic amines) is 1. The number of nitrogens with one attached hydrogen (secondary N) is 2. The van der Waals surface area contributed by atoms with E-state index in [-0.39, 0.29) is 0 Å². The van der Waals surface area contributed by atoms with Crippen LogP contribution in [-0.4, -0.2) is 47.6 Å². The SMILES string of the molecule is CCNc1nc(C)cc(NC2CCCN(C)C2)n1. The van der Waals surface area contributed by atoms with Gasteiger partial charge in [-0.25, -0.2) is 4.98 Å². The van der Waals surface area contributed by atoms with E-state index in [0.717, 1.165) is 24.6 Å². The van der Waals surface area contributed by atoms with Crippen LogP contribution in [0.3, 0.4) is 0 Å². The van der Waals surface area contributed by atoms with Gasteiger partial charge in [0.1, 0.15) is 5.82 Å². The van der Waals surface area contributed by atoms with Crippen molar-refractivity contribution in [3.63, 3.8) is 0 Å². The molecule has 2 heterocycles. The van der Waals surface area contributed by atoms with Gasteiger partial charge in [-0.2, -0.15) is 4.98 Å². The molecule has 0 aliphatic carbocycles. The third-order valence-corrected chi connectivity index (χ3v) is 3.17. The minimum atomic E-state index is 0.493. The van der Waals surface area contributed by atoms with Gasteiger partial charge in [-0.3, -0.25) is 0 Å². The predicted octanol–water partition coefficient (Wildman–Crippen LogP) is 1.72. The van der Waals surface area contributed by atoms with Crippen molar-refractivity contribution in [1.82, 2.24) is 14.9 Å². The van der Waals surface area contributed by atoms with Crippen LogP contribution in [0.4, 0.5) is 11.8 Å². The summed E-state index contributed by atoms with van der Waals surface area (Å²) in [6, 6.07) is 2.50. The maximum absolute atomic E-state index is 4.49. The number of nitrogens with zero attached hydrogens (tertiary/aromatic N) is 3. The van der Waals surface area contributed by atoms with Crippen LogP contribution in [0.5, 0.6) is 0 Å². The standard InChI is InChI=1S/C13H23N5/c1-4-14-13-15-10(2)8-12(17-13)16-11-6-5-7-18(3)9-11/h8,11H,4-7,9H2,1-3H3,(H2,14,15,16,17). The van der Waals surface area contributed by atoms with Crippen LogP contribution in [-0.2, 0) is 0 Å². The summed E-state index contributed by atoms with van der Waals surface area (Å²) in [7, 11) is 2.17. The molecule has 100 valence electrons. The van der Waals surface area contributed by atoms with Crippen LogP contribution < -0.4 is 10.6 Å². The molecule has 1 saturated heterocycles. The minimum Gasteiger partial charge on any atom is -0.366 e. The summed E-state index contributed by atoms with van der Waals surface area (Å²) in [5.74, 6) is 1.64. The number of hydrogen-bond acceptors (Lipinski definition) is 5. The number of piperidine rings is 1. The largest absolute Gasteiger partial charge is 0.366 e. The molecule has 1 aromatic rings. The predicted molar refractivity (Wildman–Crippen MR) is 75.1 cm³/mol. The number of aromatic nitrogens is 2. The van der Waals surface area contributed by atoms with Crippen molar-refractivity contribution in [2.75, 3.05) is 37.3 Å². The van der Waals surface area contributed by atoms with Gasteiger partial charge in [0, 0.05) is 30.9 Å². The van der Waals surface area contributed by atoms with Crippen LogP contribution in [0.1, 0.15) is 25.5 Å². The second-order valence-electron chi connectivity index (χ2n) is 4.99. The normalized spacial score (nSPS) is 20.7. The fourth-order valence-corrected chi connectivity index (χ4v) is 2.37. The first-order chi connectivity index (χ1) is 8.67. The fraction of sp³-hybridized carbons (Fsp3) is 0.692. The maximum Gasteiger partial charge on any atom is 0.224 e. The summed E-state index contributed by atoms with van der Waals surface area (Å²) < 4.78 is 0. The Morgan fingerprint density at radius 2 is 2.28 bits per heavy atom. The van der Waals surface area contributed by atoms with E-state index in [9.17, 15) is 0 Å². The lowest BCUT2D eigenvalue weighted by Crippen LogP contribution is -2.39. The lowest BCUT2D eigenvalue weighted by molar-refractivity contribution is 0.261. The van der Waals surface area contributed by atoms with Gasteiger partial charge in [-0.1, -0.05) is 0 Å². The van der Waals surface area contributed by atoms with Gasteiger partial charge in [-0.15, -0.1) is 0 Å². The maximum atomic E-state index is 4.49. The van der Waals surface area contributed by atoms with Gasteiger partial charge in [0.05, 0.1) is 0 Å². The van der Waals surface area contributed by atoms with Crippen molar-refractivity contribution in [1.29, 1.82) is 0 Å². The van der Waals surface area contributed by atoms with Crippen molar-refractivity contribution in [2.24, 2.45) is 0 Å². The van der Waals surface area contributed by atoms with E-state index in [0.29, 0.717) is 12.0 Å². The van der Waals surface area contributed by atoms with E-state index in [1.807, 2.05) is 13.0 Å². The van der Waals surface area contributed by atoms with Gasteiger partial charge in [0.15, 0.2) is 0 Å². The van der Waals surface area contributed by atoms with Gasteiger partial charge in [-0.05, 0) is 40.3 Å². The molecule has 1 unspecified atom stereocenters. The van der Waals surface area contributed by atoms with Crippen molar-refractivity contribution >= 4 is 11.8 Å². The van der Waals surface area contributed by atoms with Crippen LogP contribution >= 0.6 is 0 Å². The zero-order valence-electron chi connectivity index (χ0n) is 11.5. The molecule has 2 rings (SSSR count). The zero-order chi connectivity index (χ0) is 13.0. The third kappa shape index (κ3) is 3.57. The second kappa shape index (κ2) is 6.00. The van der Waals surface area contributed by atoms with Gasteiger partial charge < -0.3 is 15.5 Å². The Balaban J connectivity index is 2.03. The van der Waals surface area contributed by atoms with Crippen LogP contribution in [0, 0.1) is 6.92 Å². The Morgan fingerprint density at radius 3 is 3.00 bits per heavy atom. The Labute approximate surface area is 109 Å². The summed E-state index contributed by atoms with van der Waals surface area (Å²) in [6.07, 6.45) is 2.46. The van der Waals surface area contributed by atoms with E-state index in [2.05, 4.69) is 39.5 Å². The number of hydrogen-bond donors (Lipinski definition) is 2. The Morgan fingerprint density at radius 1 is 1.44 bits per heavy atom. The molecular formula is C13H23N5. The van der Waals surface area contributed by atoms with Crippen LogP contribution in [0.2, 0.25) is 0 Å². The van der Waals surface area contributed by atoms with E-state index in [4.69, 9.17) is 0 Å². The number of rotatable bonds is 4. The third-order valence-electron chi connectivity index (χ3n) is 3.17. The molecule has 1 aliphatic heterocycles. The molecule has 5 nitrogen and oxygen atoms in total. The van der Waals surface area contributed by atoms with Crippen molar-refractivity contribution < 1.29 is 0 Å². The Hall–Kier alpha value is -1.36. The molecule has 0 aromatic carbocycles. The summed E-state index contributed by atoms with van der Waals surface area (Å²) >= 11 is 0. The molecule has 5 heteroatoms. The first-order valence-corrected chi connectivity index (χ1v) is 6.72. The van der Waals surface area contributed by atoms with E-state index >= 15 is 0 Å². The van der Waals surface area contributed by atoms with Crippen molar-refractivity contribution in [3.05, 3.63) is 11.8 Å². The molecule has 18 heavy (non-hydrogen) atoms. The first kappa shape index (κ1) is 13.1. The first-order valence-electron chi connectivity index (χ1n) is 6.72. The van der Waals surface area contributed by atoms with Crippen LogP contribution in [0.15, 0.2) is 6.07 Å². The molecule has 2 N–H and O–H groups in total. The zero-order valence-corrected chi connectivity index (χ0v) is 11.5. The average Bonchev–Trinajstić information content (AvgIpc) is 2.28. The number of likely N-dealkylation sites (N-methyl/N-ethyl adjacent to an activating group) is 1. The lowest BCUT2D eigenvalue weighted by atomic mass is 10.1. The smallest absolute Gasteiger partial charge is 0.224 e. The van der Waals surface area contributed by atoms with Gasteiger partial charge in [0.2, 0.25) is 5.95 Å². The highest BCUT2D eigenvalue weighted by atomic mass is 15.2. The lowest BCUT2D eigenvalue weighted by Gasteiger charge is -2.30. The van der Waals surface area contributed by atoms with Gasteiger partial charge >= 0.3 is 0 Å². The van der Waals surface area contributed by atoms with Crippen molar-refractivity contribution in [2.45, 2.75) is 32.7 Å². The minimum absolute atomic E-state index is 0.493.